The number of nitrogens with one attached hydrogen (secondary N) is 2. The van der Waals surface area contributed by atoms with Crippen LogP contribution in [0.15, 0.2) is 53.6 Å². The van der Waals surface area contributed by atoms with Gasteiger partial charge in [0.1, 0.15) is 10.6 Å². The first-order valence-corrected chi connectivity index (χ1v) is 12.5. The quantitative estimate of drug-likeness (QED) is 0.470. The molecule has 4 rings (SSSR count). The fourth-order valence-corrected chi connectivity index (χ4v) is 5.70. The van der Waals surface area contributed by atoms with Crippen molar-refractivity contribution in [1.29, 1.82) is 0 Å². The Hall–Kier alpha value is -2.88. The van der Waals surface area contributed by atoms with Gasteiger partial charge >= 0.3 is 0 Å². The molecule has 0 unspecified atom stereocenters. The average molecular weight is 489 g/mol. The molecular formula is C23H25ClN4O4S. The summed E-state index contributed by atoms with van der Waals surface area (Å²) in [5.74, 6) is -0.131. The fourth-order valence-electron chi connectivity index (χ4n) is 3.84. The maximum absolute atomic E-state index is 13.0. The van der Waals surface area contributed by atoms with Gasteiger partial charge in [-0.2, -0.15) is 4.31 Å². The Kier molecular flexibility index (Phi) is 7.02. The highest BCUT2D eigenvalue weighted by atomic mass is 35.5. The Labute approximate surface area is 198 Å². The van der Waals surface area contributed by atoms with Gasteiger partial charge < -0.3 is 15.4 Å². The summed E-state index contributed by atoms with van der Waals surface area (Å²) in [6.07, 6.45) is 3.35. The summed E-state index contributed by atoms with van der Waals surface area (Å²) in [6, 6.07) is 11.8. The number of sulfonamides is 1. The smallest absolute Gasteiger partial charge is 0.251 e. The van der Waals surface area contributed by atoms with Gasteiger partial charge in [-0.15, -0.1) is 0 Å². The van der Waals surface area contributed by atoms with E-state index in [1.807, 2.05) is 12.1 Å². The third-order valence-corrected chi connectivity index (χ3v) is 7.69. The lowest BCUT2D eigenvalue weighted by Gasteiger charge is -2.18. The van der Waals surface area contributed by atoms with Crippen LogP contribution in [0.5, 0.6) is 5.75 Å². The van der Waals surface area contributed by atoms with Crippen molar-refractivity contribution < 1.29 is 17.9 Å². The van der Waals surface area contributed by atoms with Crippen molar-refractivity contribution >= 4 is 44.1 Å². The number of aromatic nitrogens is 1. The fraction of sp³-hybridized carbons (Fsp3) is 0.304. The predicted octanol–water partition coefficient (Wildman–Crippen LogP) is 3.52. The summed E-state index contributed by atoms with van der Waals surface area (Å²) in [7, 11) is -2.30. The van der Waals surface area contributed by atoms with Crippen LogP contribution in [0.25, 0.3) is 10.9 Å². The molecular weight excluding hydrogens is 464 g/mol. The van der Waals surface area contributed by atoms with Crippen LogP contribution >= 0.6 is 11.6 Å². The summed E-state index contributed by atoms with van der Waals surface area (Å²) in [5.41, 5.74) is 1.92. The van der Waals surface area contributed by atoms with Crippen LogP contribution in [0.4, 0.5) is 5.69 Å². The van der Waals surface area contributed by atoms with E-state index < -0.39 is 10.0 Å². The molecule has 0 aliphatic carbocycles. The number of pyridine rings is 1. The number of anilines is 1. The molecule has 10 heteroatoms. The lowest BCUT2D eigenvalue weighted by Crippen LogP contribution is -2.30. The van der Waals surface area contributed by atoms with E-state index in [-0.39, 0.29) is 22.1 Å². The summed E-state index contributed by atoms with van der Waals surface area (Å²) in [5, 5.41) is 7.66. The number of methoxy groups -OCH3 is 1. The summed E-state index contributed by atoms with van der Waals surface area (Å²) < 4.78 is 32.7. The number of ether oxygens (including phenoxy) is 1. The number of nitrogens with zero attached hydrogens (tertiary/aromatic N) is 2. The first-order chi connectivity index (χ1) is 15.9. The lowest BCUT2D eigenvalue weighted by molar-refractivity contribution is 0.0955. The molecule has 3 aromatic rings. The summed E-state index contributed by atoms with van der Waals surface area (Å²) in [6.45, 7) is 1.77. The third-order valence-electron chi connectivity index (χ3n) is 5.54. The summed E-state index contributed by atoms with van der Waals surface area (Å²) in [4.78, 5) is 17.0. The van der Waals surface area contributed by atoms with E-state index in [9.17, 15) is 13.2 Å². The van der Waals surface area contributed by atoms with Gasteiger partial charge in [-0.1, -0.05) is 11.6 Å². The number of halogens is 1. The molecule has 0 atom stereocenters. The van der Waals surface area contributed by atoms with Gasteiger partial charge in [0.25, 0.3) is 5.91 Å². The average Bonchev–Trinajstić information content (AvgIpc) is 3.37. The van der Waals surface area contributed by atoms with Crippen molar-refractivity contribution in [3.63, 3.8) is 0 Å². The minimum absolute atomic E-state index is 0.0135. The molecule has 1 aliphatic heterocycles. The van der Waals surface area contributed by atoms with Crippen molar-refractivity contribution in [2.45, 2.75) is 17.7 Å². The SMILES string of the molecule is COc1ccc(C(=O)NCCNc2ccnc3cc(Cl)ccc23)cc1S(=O)(=O)N1CCCC1. The molecule has 8 nitrogen and oxygen atoms in total. The number of carbonyl (C=O) groups is 1. The van der Waals surface area contributed by atoms with Crippen molar-refractivity contribution in [2.24, 2.45) is 0 Å². The highest BCUT2D eigenvalue weighted by molar-refractivity contribution is 7.89. The number of fused-ring (bicyclic) bond motifs is 1. The van der Waals surface area contributed by atoms with Gasteiger partial charge in [0.15, 0.2) is 0 Å². The van der Waals surface area contributed by atoms with Crippen LogP contribution in [0.1, 0.15) is 23.2 Å². The standard InChI is InChI=1S/C23H25ClN4O4S/c1-32-21-7-4-16(14-22(21)33(30,31)28-12-2-3-13-28)23(29)27-11-10-26-19-8-9-25-20-15-17(24)5-6-18(19)20/h4-9,14-15H,2-3,10-13H2,1H3,(H,25,26)(H,27,29). The lowest BCUT2D eigenvalue weighted by atomic mass is 10.2. The molecule has 1 aliphatic rings. The van der Waals surface area contributed by atoms with Gasteiger partial charge in [-0.05, 0) is 55.3 Å². The van der Waals surface area contributed by atoms with Gasteiger partial charge in [-0.3, -0.25) is 9.78 Å². The Morgan fingerprint density at radius 3 is 2.67 bits per heavy atom. The minimum atomic E-state index is -3.72. The van der Waals surface area contributed by atoms with E-state index in [0.29, 0.717) is 31.2 Å². The number of hydrogen-bond acceptors (Lipinski definition) is 6. The van der Waals surface area contributed by atoms with Gasteiger partial charge in [0.2, 0.25) is 10.0 Å². The molecule has 33 heavy (non-hydrogen) atoms. The van der Waals surface area contributed by atoms with Crippen molar-refractivity contribution in [3.05, 3.63) is 59.2 Å². The Morgan fingerprint density at radius 2 is 1.91 bits per heavy atom. The monoisotopic (exact) mass is 488 g/mol. The highest BCUT2D eigenvalue weighted by Gasteiger charge is 2.30. The minimum Gasteiger partial charge on any atom is -0.495 e. The Bertz CT molecular complexity index is 1280. The van der Waals surface area contributed by atoms with Crippen LogP contribution in [0.3, 0.4) is 0 Å². The Morgan fingerprint density at radius 1 is 1.12 bits per heavy atom. The molecule has 0 spiro atoms. The van der Waals surface area contributed by atoms with E-state index in [4.69, 9.17) is 16.3 Å². The molecule has 0 radical (unpaired) electrons. The Balaban J connectivity index is 1.42. The molecule has 1 saturated heterocycles. The van der Waals surface area contributed by atoms with Crippen LogP contribution in [-0.4, -0.2) is 56.9 Å². The predicted molar refractivity (Wildman–Crippen MR) is 129 cm³/mol. The summed E-state index contributed by atoms with van der Waals surface area (Å²) >= 11 is 6.03. The van der Waals surface area contributed by atoms with E-state index in [0.717, 1.165) is 29.4 Å². The van der Waals surface area contributed by atoms with Crippen molar-refractivity contribution in [3.8, 4) is 5.75 Å². The van der Waals surface area contributed by atoms with Crippen molar-refractivity contribution in [2.75, 3.05) is 38.6 Å². The second kappa shape index (κ2) is 9.94. The zero-order valence-corrected chi connectivity index (χ0v) is 19.7. The van der Waals surface area contributed by atoms with E-state index >= 15 is 0 Å². The zero-order valence-electron chi connectivity index (χ0n) is 18.2. The third kappa shape index (κ3) is 5.05. The van der Waals surface area contributed by atoms with E-state index in [1.165, 1.54) is 23.5 Å². The molecule has 0 bridgehead atoms. The van der Waals surface area contributed by atoms with Crippen LogP contribution < -0.4 is 15.4 Å². The normalized spacial score (nSPS) is 14.4. The number of rotatable bonds is 8. The van der Waals surface area contributed by atoms with Gasteiger partial charge in [0, 0.05) is 54.0 Å². The molecule has 2 aromatic carbocycles. The molecule has 2 N–H and O–H groups in total. The maximum atomic E-state index is 13.0. The van der Waals surface area contributed by atoms with Crippen LogP contribution in [-0.2, 0) is 10.0 Å². The van der Waals surface area contributed by atoms with Gasteiger partial charge in [-0.25, -0.2) is 8.42 Å². The highest BCUT2D eigenvalue weighted by Crippen LogP contribution is 2.30. The molecule has 2 heterocycles. The molecule has 1 amide bonds. The maximum Gasteiger partial charge on any atom is 0.251 e. The topological polar surface area (TPSA) is 101 Å². The van der Waals surface area contributed by atoms with E-state index in [2.05, 4.69) is 15.6 Å². The number of amides is 1. The molecule has 1 fully saturated rings. The number of hydrogen-bond donors (Lipinski definition) is 2. The van der Waals surface area contributed by atoms with Crippen LogP contribution in [0, 0.1) is 0 Å². The van der Waals surface area contributed by atoms with Gasteiger partial charge in [0.05, 0.1) is 12.6 Å². The first-order valence-electron chi connectivity index (χ1n) is 10.6. The number of carbonyl (C=O) groups excluding carboxylic acids is 1. The zero-order chi connectivity index (χ0) is 23.4. The van der Waals surface area contributed by atoms with Crippen LogP contribution in [0.2, 0.25) is 5.02 Å². The van der Waals surface area contributed by atoms with E-state index in [1.54, 1.807) is 24.4 Å². The first kappa shape index (κ1) is 23.3. The van der Waals surface area contributed by atoms with Crippen molar-refractivity contribution in [1.82, 2.24) is 14.6 Å². The molecule has 174 valence electrons. The second-order valence-electron chi connectivity index (χ2n) is 7.68. The largest absolute Gasteiger partial charge is 0.495 e. The number of benzene rings is 2. The second-order valence-corrected chi connectivity index (χ2v) is 10.0. The molecule has 1 aromatic heterocycles. The molecule has 0 saturated carbocycles.